The first kappa shape index (κ1) is 25.5. The van der Waals surface area contributed by atoms with E-state index in [2.05, 4.69) is 46.9 Å². The van der Waals surface area contributed by atoms with Crippen LogP contribution in [0.15, 0.2) is 12.1 Å². The van der Waals surface area contributed by atoms with Crippen molar-refractivity contribution in [3.05, 3.63) is 23.3 Å². The molecule has 0 spiro atoms. The van der Waals surface area contributed by atoms with Crippen LogP contribution in [0.25, 0.3) is 0 Å². The number of amides is 1. The molecule has 4 nitrogen and oxygen atoms in total. The van der Waals surface area contributed by atoms with Gasteiger partial charge in [-0.15, -0.1) is 0 Å². The van der Waals surface area contributed by atoms with E-state index in [0.717, 1.165) is 48.4 Å². The summed E-state index contributed by atoms with van der Waals surface area (Å²) >= 11 is 0. The summed E-state index contributed by atoms with van der Waals surface area (Å²) in [6.45, 7) is 18.2. The van der Waals surface area contributed by atoms with E-state index in [1.165, 1.54) is 0 Å². The van der Waals surface area contributed by atoms with Crippen molar-refractivity contribution in [1.82, 2.24) is 0 Å². The Morgan fingerprint density at radius 3 is 1.97 bits per heavy atom. The van der Waals surface area contributed by atoms with Crippen LogP contribution in [0, 0.1) is 25.7 Å². The number of anilines is 1. The van der Waals surface area contributed by atoms with Gasteiger partial charge in [-0.1, -0.05) is 48.0 Å². The van der Waals surface area contributed by atoms with Crippen LogP contribution in [0.5, 0.6) is 5.75 Å². The minimum absolute atomic E-state index is 0.0354. The SMILES string of the molecule is CCCCOc1c(C)cc(NC(=O)C(CC(C)C)(CC(C)C)OCCC)cc1C. The fourth-order valence-corrected chi connectivity index (χ4v) is 3.88. The van der Waals surface area contributed by atoms with E-state index in [9.17, 15) is 4.79 Å². The molecule has 0 saturated heterocycles. The number of aryl methyl sites for hydroxylation is 2. The van der Waals surface area contributed by atoms with Gasteiger partial charge in [-0.3, -0.25) is 4.79 Å². The number of rotatable bonds is 13. The summed E-state index contributed by atoms with van der Waals surface area (Å²) in [7, 11) is 0. The zero-order valence-corrected chi connectivity index (χ0v) is 20.0. The topological polar surface area (TPSA) is 47.6 Å². The predicted molar refractivity (Wildman–Crippen MR) is 123 cm³/mol. The van der Waals surface area contributed by atoms with Gasteiger partial charge in [0.1, 0.15) is 11.4 Å². The van der Waals surface area contributed by atoms with E-state index in [0.29, 0.717) is 31.3 Å². The molecule has 0 aliphatic carbocycles. The number of unbranched alkanes of at least 4 members (excludes halogenated alkanes) is 1. The molecule has 0 aliphatic heterocycles. The lowest BCUT2D eigenvalue weighted by molar-refractivity contribution is -0.147. The lowest BCUT2D eigenvalue weighted by Gasteiger charge is -2.35. The van der Waals surface area contributed by atoms with E-state index < -0.39 is 5.60 Å². The normalized spacial score (nSPS) is 11.9. The van der Waals surface area contributed by atoms with Gasteiger partial charge < -0.3 is 14.8 Å². The van der Waals surface area contributed by atoms with Crippen molar-refractivity contribution in [3.63, 3.8) is 0 Å². The Kier molecular flexibility index (Phi) is 10.7. The molecule has 0 aromatic heterocycles. The summed E-state index contributed by atoms with van der Waals surface area (Å²) in [5, 5.41) is 3.16. The molecule has 0 bridgehead atoms. The van der Waals surface area contributed by atoms with Crippen molar-refractivity contribution in [2.24, 2.45) is 11.8 Å². The van der Waals surface area contributed by atoms with E-state index in [1.807, 2.05) is 26.0 Å². The number of hydrogen-bond acceptors (Lipinski definition) is 3. The molecule has 0 fully saturated rings. The molecular formula is C25H43NO3. The third-order valence-corrected chi connectivity index (χ3v) is 4.93. The van der Waals surface area contributed by atoms with Crippen LogP contribution in [-0.4, -0.2) is 24.7 Å². The molecular weight excluding hydrogens is 362 g/mol. The zero-order chi connectivity index (χ0) is 22.0. The van der Waals surface area contributed by atoms with Gasteiger partial charge in [0.05, 0.1) is 6.61 Å². The van der Waals surface area contributed by atoms with E-state index in [1.54, 1.807) is 0 Å². The summed E-state index contributed by atoms with van der Waals surface area (Å²) in [5.74, 6) is 1.63. The van der Waals surface area contributed by atoms with Gasteiger partial charge >= 0.3 is 0 Å². The second-order valence-corrected chi connectivity index (χ2v) is 9.13. The van der Waals surface area contributed by atoms with Crippen molar-refractivity contribution in [1.29, 1.82) is 0 Å². The molecule has 0 saturated carbocycles. The number of carbonyl (C=O) groups excluding carboxylic acids is 1. The first-order valence-electron chi connectivity index (χ1n) is 11.3. The number of benzene rings is 1. The molecule has 0 heterocycles. The maximum absolute atomic E-state index is 13.5. The minimum Gasteiger partial charge on any atom is -0.493 e. The van der Waals surface area contributed by atoms with Crippen LogP contribution in [0.3, 0.4) is 0 Å². The Hall–Kier alpha value is -1.55. The average molecular weight is 406 g/mol. The molecule has 1 amide bonds. The molecule has 0 unspecified atom stereocenters. The highest BCUT2D eigenvalue weighted by molar-refractivity contribution is 5.97. The van der Waals surface area contributed by atoms with Gasteiger partial charge in [-0.25, -0.2) is 0 Å². The van der Waals surface area contributed by atoms with Crippen molar-refractivity contribution >= 4 is 11.6 Å². The lowest BCUT2D eigenvalue weighted by atomic mass is 9.83. The van der Waals surface area contributed by atoms with E-state index in [4.69, 9.17) is 9.47 Å². The van der Waals surface area contributed by atoms with Crippen LogP contribution >= 0.6 is 0 Å². The van der Waals surface area contributed by atoms with Crippen LogP contribution in [0.2, 0.25) is 0 Å². The Bertz CT molecular complexity index is 604. The largest absolute Gasteiger partial charge is 0.493 e. The van der Waals surface area contributed by atoms with Crippen molar-refractivity contribution in [2.75, 3.05) is 18.5 Å². The smallest absolute Gasteiger partial charge is 0.256 e. The van der Waals surface area contributed by atoms with Crippen molar-refractivity contribution in [2.45, 2.75) is 93.1 Å². The van der Waals surface area contributed by atoms with E-state index in [-0.39, 0.29) is 5.91 Å². The van der Waals surface area contributed by atoms with Crippen LogP contribution in [0.1, 0.15) is 84.8 Å². The first-order valence-corrected chi connectivity index (χ1v) is 11.3. The summed E-state index contributed by atoms with van der Waals surface area (Å²) in [6, 6.07) is 4.00. The maximum atomic E-state index is 13.5. The number of nitrogens with one attached hydrogen (secondary N) is 1. The molecule has 1 N–H and O–H groups in total. The second-order valence-electron chi connectivity index (χ2n) is 9.13. The molecule has 29 heavy (non-hydrogen) atoms. The van der Waals surface area contributed by atoms with Crippen LogP contribution in [-0.2, 0) is 9.53 Å². The van der Waals surface area contributed by atoms with Gasteiger partial charge in [0.2, 0.25) is 0 Å². The fourth-order valence-electron chi connectivity index (χ4n) is 3.88. The molecule has 1 rings (SSSR count). The summed E-state index contributed by atoms with van der Waals surface area (Å²) < 4.78 is 12.2. The highest BCUT2D eigenvalue weighted by atomic mass is 16.5. The Balaban J connectivity index is 3.11. The minimum atomic E-state index is -0.795. The zero-order valence-electron chi connectivity index (χ0n) is 20.0. The predicted octanol–water partition coefficient (Wildman–Crippen LogP) is 6.68. The second kappa shape index (κ2) is 12.2. The number of ether oxygens (including phenoxy) is 2. The quantitative estimate of drug-likeness (QED) is 0.372. The Morgan fingerprint density at radius 1 is 0.966 bits per heavy atom. The molecule has 1 aromatic rings. The Morgan fingerprint density at radius 2 is 1.52 bits per heavy atom. The molecule has 0 radical (unpaired) electrons. The summed E-state index contributed by atoms with van der Waals surface area (Å²) in [6.07, 6.45) is 4.48. The summed E-state index contributed by atoms with van der Waals surface area (Å²) in [5.41, 5.74) is 2.11. The molecule has 4 heteroatoms. The molecule has 0 aliphatic rings. The van der Waals surface area contributed by atoms with Crippen LogP contribution in [0.4, 0.5) is 5.69 Å². The lowest BCUT2D eigenvalue weighted by Crippen LogP contribution is -2.48. The maximum Gasteiger partial charge on any atom is 0.256 e. The van der Waals surface area contributed by atoms with E-state index >= 15 is 0 Å². The summed E-state index contributed by atoms with van der Waals surface area (Å²) in [4.78, 5) is 13.5. The molecule has 166 valence electrons. The molecule has 0 atom stereocenters. The number of hydrogen-bond donors (Lipinski definition) is 1. The van der Waals surface area contributed by atoms with Crippen molar-refractivity contribution in [3.8, 4) is 5.75 Å². The van der Waals surface area contributed by atoms with Gasteiger partial charge in [0.15, 0.2) is 0 Å². The van der Waals surface area contributed by atoms with Crippen molar-refractivity contribution < 1.29 is 14.3 Å². The third kappa shape index (κ3) is 8.00. The van der Waals surface area contributed by atoms with Crippen LogP contribution < -0.4 is 10.1 Å². The molecule has 1 aromatic carbocycles. The third-order valence-electron chi connectivity index (χ3n) is 4.93. The average Bonchev–Trinajstić information content (AvgIpc) is 2.61. The highest BCUT2D eigenvalue weighted by Gasteiger charge is 2.40. The van der Waals surface area contributed by atoms with Gasteiger partial charge in [0.25, 0.3) is 5.91 Å². The Labute approximate surface area is 178 Å². The van der Waals surface area contributed by atoms with Gasteiger partial charge in [-0.05, 0) is 74.6 Å². The monoisotopic (exact) mass is 405 g/mol. The highest BCUT2D eigenvalue weighted by Crippen LogP contribution is 2.33. The standard InChI is InChI=1S/C25H43NO3/c1-9-11-13-28-23-20(7)14-22(15-21(23)8)26-24(27)25(16-18(3)4,17-19(5)6)29-12-10-2/h14-15,18-19H,9-13,16-17H2,1-8H3,(H,26,27). The fraction of sp³-hybridized carbons (Fsp3) is 0.720. The van der Waals surface area contributed by atoms with Gasteiger partial charge in [-0.2, -0.15) is 0 Å². The van der Waals surface area contributed by atoms with Gasteiger partial charge in [0, 0.05) is 12.3 Å². The number of carbonyl (C=O) groups is 1. The first-order chi connectivity index (χ1) is 13.6.